The highest BCUT2D eigenvalue weighted by atomic mass is 16.5. The quantitative estimate of drug-likeness (QED) is 0.860. The third kappa shape index (κ3) is 3.45. The predicted octanol–water partition coefficient (Wildman–Crippen LogP) is 3.81. The van der Waals surface area contributed by atoms with Gasteiger partial charge >= 0.3 is 0 Å². The van der Waals surface area contributed by atoms with E-state index in [1.165, 1.54) is 12.8 Å². The lowest BCUT2D eigenvalue weighted by Crippen LogP contribution is -2.22. The normalized spacial score (nSPS) is 24.6. The first kappa shape index (κ1) is 15.2. The largest absolute Gasteiger partial charge is 0.494 e. The molecule has 112 valence electrons. The third-order valence-corrected chi connectivity index (χ3v) is 4.22. The van der Waals surface area contributed by atoms with Gasteiger partial charge in [-0.3, -0.25) is 0 Å². The number of aliphatic hydroxyl groups is 1. The Bertz CT molecular complexity index is 456. The zero-order chi connectivity index (χ0) is 14.8. The van der Waals surface area contributed by atoms with Gasteiger partial charge in [0, 0.05) is 17.3 Å². The molecule has 3 nitrogen and oxygen atoms in total. The fourth-order valence-electron chi connectivity index (χ4n) is 3.39. The summed E-state index contributed by atoms with van der Waals surface area (Å²) in [6, 6.07) is 6.50. The summed E-state index contributed by atoms with van der Waals surface area (Å²) in [7, 11) is 0. The van der Waals surface area contributed by atoms with Crippen molar-refractivity contribution in [3.05, 3.63) is 23.8 Å². The lowest BCUT2D eigenvalue weighted by molar-refractivity contribution is 0.267. The Hall–Kier alpha value is -1.22. The van der Waals surface area contributed by atoms with E-state index in [0.29, 0.717) is 24.0 Å². The van der Waals surface area contributed by atoms with Crippen molar-refractivity contribution in [3.8, 4) is 5.75 Å². The fourth-order valence-corrected chi connectivity index (χ4v) is 3.39. The van der Waals surface area contributed by atoms with E-state index >= 15 is 0 Å². The molecule has 1 fully saturated rings. The second-order valence-corrected chi connectivity index (χ2v) is 6.71. The van der Waals surface area contributed by atoms with Gasteiger partial charge in [0.05, 0.1) is 13.2 Å². The molecule has 0 bridgehead atoms. The van der Waals surface area contributed by atoms with Gasteiger partial charge in [-0.2, -0.15) is 0 Å². The van der Waals surface area contributed by atoms with E-state index < -0.39 is 0 Å². The molecule has 1 aliphatic rings. The summed E-state index contributed by atoms with van der Waals surface area (Å²) in [5.41, 5.74) is 2.34. The van der Waals surface area contributed by atoms with Crippen molar-refractivity contribution >= 4 is 5.69 Å². The van der Waals surface area contributed by atoms with Crippen LogP contribution < -0.4 is 10.1 Å². The molecule has 20 heavy (non-hydrogen) atoms. The van der Waals surface area contributed by atoms with Crippen LogP contribution in [-0.4, -0.2) is 17.8 Å². The molecule has 2 atom stereocenters. The van der Waals surface area contributed by atoms with Gasteiger partial charge in [-0.1, -0.05) is 20.8 Å². The van der Waals surface area contributed by atoms with Gasteiger partial charge in [0.15, 0.2) is 0 Å². The van der Waals surface area contributed by atoms with Crippen molar-refractivity contribution in [2.24, 2.45) is 11.3 Å². The Morgan fingerprint density at radius 1 is 1.35 bits per heavy atom. The lowest BCUT2D eigenvalue weighted by Gasteiger charge is -2.21. The highest BCUT2D eigenvalue weighted by Crippen LogP contribution is 2.42. The number of ether oxygens (including phenoxy) is 1. The summed E-state index contributed by atoms with van der Waals surface area (Å²) in [6.45, 7) is 9.57. The van der Waals surface area contributed by atoms with E-state index in [1.807, 2.05) is 25.1 Å². The number of nitrogens with one attached hydrogen (secondary N) is 1. The Balaban J connectivity index is 2.10. The average molecular weight is 277 g/mol. The standard InChI is InChI=1S/C17H27NO2/c1-5-20-16-7-6-14(8-13(16)11-19)18-15-10-17(3,4)9-12(15)2/h6-8,12,15,18-19H,5,9-11H2,1-4H3. The maximum atomic E-state index is 9.46. The van der Waals surface area contributed by atoms with Gasteiger partial charge < -0.3 is 15.2 Å². The molecule has 0 spiro atoms. The fraction of sp³-hybridized carbons (Fsp3) is 0.647. The van der Waals surface area contributed by atoms with E-state index in [4.69, 9.17) is 4.74 Å². The van der Waals surface area contributed by atoms with Crippen LogP contribution in [0.3, 0.4) is 0 Å². The molecule has 0 heterocycles. The second kappa shape index (κ2) is 6.04. The number of anilines is 1. The first-order valence-electron chi connectivity index (χ1n) is 7.58. The summed E-state index contributed by atoms with van der Waals surface area (Å²) in [5.74, 6) is 1.45. The highest BCUT2D eigenvalue weighted by Gasteiger charge is 2.36. The molecule has 0 aliphatic heterocycles. The SMILES string of the molecule is CCOc1ccc(NC2CC(C)(C)CC2C)cc1CO. The Labute approximate surface area is 122 Å². The minimum absolute atomic E-state index is 0.0105. The number of rotatable bonds is 5. The van der Waals surface area contributed by atoms with Crippen LogP contribution in [0.25, 0.3) is 0 Å². The zero-order valence-electron chi connectivity index (χ0n) is 13.1. The summed E-state index contributed by atoms with van der Waals surface area (Å²) in [4.78, 5) is 0. The van der Waals surface area contributed by atoms with Gasteiger partial charge in [-0.05, 0) is 49.3 Å². The maximum Gasteiger partial charge on any atom is 0.124 e. The van der Waals surface area contributed by atoms with Crippen molar-refractivity contribution in [1.82, 2.24) is 0 Å². The van der Waals surface area contributed by atoms with Crippen LogP contribution in [0, 0.1) is 11.3 Å². The molecule has 2 rings (SSSR count). The molecule has 0 saturated heterocycles. The first-order chi connectivity index (χ1) is 9.45. The molecule has 0 aromatic heterocycles. The number of benzene rings is 1. The number of hydrogen-bond acceptors (Lipinski definition) is 3. The van der Waals surface area contributed by atoms with Gasteiger partial charge in [0.25, 0.3) is 0 Å². The van der Waals surface area contributed by atoms with Crippen LogP contribution >= 0.6 is 0 Å². The summed E-state index contributed by atoms with van der Waals surface area (Å²) < 4.78 is 5.52. The second-order valence-electron chi connectivity index (χ2n) is 6.71. The summed E-state index contributed by atoms with van der Waals surface area (Å²) in [6.07, 6.45) is 2.45. The number of aliphatic hydroxyl groups excluding tert-OH is 1. The van der Waals surface area contributed by atoms with Crippen LogP contribution in [0.5, 0.6) is 5.75 Å². The lowest BCUT2D eigenvalue weighted by atomic mass is 9.91. The molecule has 0 radical (unpaired) electrons. The molecule has 3 heteroatoms. The molecule has 1 aromatic carbocycles. The molecule has 0 amide bonds. The van der Waals surface area contributed by atoms with Gasteiger partial charge in [0.1, 0.15) is 5.75 Å². The molecule has 1 aliphatic carbocycles. The van der Waals surface area contributed by atoms with Gasteiger partial charge in [0.2, 0.25) is 0 Å². The van der Waals surface area contributed by atoms with Crippen molar-refractivity contribution < 1.29 is 9.84 Å². The Morgan fingerprint density at radius 3 is 2.65 bits per heavy atom. The van der Waals surface area contributed by atoms with Crippen molar-refractivity contribution in [3.63, 3.8) is 0 Å². The molecule has 2 N–H and O–H groups in total. The van der Waals surface area contributed by atoms with Crippen LogP contribution in [-0.2, 0) is 6.61 Å². The molecular weight excluding hydrogens is 250 g/mol. The van der Waals surface area contributed by atoms with E-state index in [0.717, 1.165) is 17.0 Å². The van der Waals surface area contributed by atoms with Crippen LogP contribution in [0.2, 0.25) is 0 Å². The van der Waals surface area contributed by atoms with Gasteiger partial charge in [-0.15, -0.1) is 0 Å². The maximum absolute atomic E-state index is 9.46. The van der Waals surface area contributed by atoms with Crippen LogP contribution in [0.15, 0.2) is 18.2 Å². The Morgan fingerprint density at radius 2 is 2.10 bits per heavy atom. The predicted molar refractivity (Wildman–Crippen MR) is 83.1 cm³/mol. The molecule has 2 unspecified atom stereocenters. The molecule has 1 saturated carbocycles. The third-order valence-electron chi connectivity index (χ3n) is 4.22. The summed E-state index contributed by atoms with van der Waals surface area (Å²) >= 11 is 0. The van der Waals surface area contributed by atoms with Crippen molar-refractivity contribution in [1.29, 1.82) is 0 Å². The smallest absolute Gasteiger partial charge is 0.124 e. The minimum atomic E-state index is 0.0105. The minimum Gasteiger partial charge on any atom is -0.494 e. The highest BCUT2D eigenvalue weighted by molar-refractivity contribution is 5.52. The van der Waals surface area contributed by atoms with E-state index in [9.17, 15) is 5.11 Å². The zero-order valence-corrected chi connectivity index (χ0v) is 13.1. The summed E-state index contributed by atoms with van der Waals surface area (Å²) in [5, 5.41) is 13.1. The van der Waals surface area contributed by atoms with E-state index in [1.54, 1.807) is 0 Å². The average Bonchev–Trinajstić information content (AvgIpc) is 2.64. The molecule has 1 aromatic rings. The first-order valence-corrected chi connectivity index (χ1v) is 7.58. The van der Waals surface area contributed by atoms with E-state index in [2.05, 4.69) is 26.1 Å². The topological polar surface area (TPSA) is 41.5 Å². The molecular formula is C17H27NO2. The van der Waals surface area contributed by atoms with Crippen LogP contribution in [0.1, 0.15) is 46.1 Å². The number of hydrogen-bond donors (Lipinski definition) is 2. The Kier molecular flexibility index (Phi) is 4.59. The van der Waals surface area contributed by atoms with Crippen molar-refractivity contribution in [2.45, 2.75) is 53.2 Å². The van der Waals surface area contributed by atoms with Gasteiger partial charge in [-0.25, -0.2) is 0 Å². The van der Waals surface area contributed by atoms with Crippen LogP contribution in [0.4, 0.5) is 5.69 Å². The monoisotopic (exact) mass is 277 g/mol. The van der Waals surface area contributed by atoms with E-state index in [-0.39, 0.29) is 6.61 Å². The van der Waals surface area contributed by atoms with Crippen molar-refractivity contribution in [2.75, 3.05) is 11.9 Å².